The lowest BCUT2D eigenvalue weighted by atomic mass is 9.68. The maximum atomic E-state index is 14.0. The van der Waals surface area contributed by atoms with E-state index in [1.165, 1.54) is 28.5 Å². The lowest BCUT2D eigenvalue weighted by molar-refractivity contribution is 0.253. The molecule has 3 heteroatoms. The first kappa shape index (κ1) is 19.9. The molecule has 0 saturated heterocycles. The van der Waals surface area contributed by atoms with Gasteiger partial charge in [-0.25, -0.2) is 8.78 Å². The van der Waals surface area contributed by atoms with E-state index in [9.17, 15) is 8.78 Å². The molecule has 1 saturated carbocycles. The molecule has 1 nitrogen and oxygen atoms in total. The molecule has 0 heterocycles. The monoisotopic (exact) mass is 393 g/mol. The van der Waals surface area contributed by atoms with Crippen molar-refractivity contribution in [2.45, 2.75) is 52.9 Å². The molecule has 2 aliphatic rings. The van der Waals surface area contributed by atoms with Gasteiger partial charge in [-0.2, -0.15) is 0 Å². The van der Waals surface area contributed by atoms with Crippen LogP contribution in [0.1, 0.15) is 50.7 Å². The van der Waals surface area contributed by atoms with E-state index >= 15 is 0 Å². The van der Waals surface area contributed by atoms with E-state index in [1.807, 2.05) is 0 Å². The number of halogens is 2. The van der Waals surface area contributed by atoms with Crippen molar-refractivity contribution in [2.24, 2.45) is 11.3 Å². The Morgan fingerprint density at radius 3 is 2.55 bits per heavy atom. The van der Waals surface area contributed by atoms with Gasteiger partial charge in [-0.15, -0.1) is 0 Å². The third-order valence-corrected chi connectivity index (χ3v) is 6.92. The number of fused-ring (bicyclic) bond motifs is 1. The fourth-order valence-electron chi connectivity index (χ4n) is 5.09. The number of nitrogens with one attached hydrogen (secondary N) is 1. The van der Waals surface area contributed by atoms with Crippen LogP contribution in [0.5, 0.6) is 0 Å². The largest absolute Gasteiger partial charge is 0.356 e. The highest BCUT2D eigenvalue weighted by Crippen LogP contribution is 2.55. The van der Waals surface area contributed by atoms with Gasteiger partial charge in [-0.3, -0.25) is 0 Å². The van der Waals surface area contributed by atoms with Crippen molar-refractivity contribution in [3.8, 4) is 0 Å². The number of anilines is 1. The van der Waals surface area contributed by atoms with Crippen LogP contribution in [0.4, 0.5) is 14.5 Å². The van der Waals surface area contributed by atoms with E-state index in [0.29, 0.717) is 17.9 Å². The highest BCUT2D eigenvalue weighted by Gasteiger charge is 2.44. The first-order valence-corrected chi connectivity index (χ1v) is 10.5. The van der Waals surface area contributed by atoms with E-state index in [2.05, 4.69) is 56.4 Å². The molecule has 2 aromatic rings. The molecular weight excluding hydrogens is 364 g/mol. The fraction of sp³-hybridized carbons (Fsp3) is 0.385. The summed E-state index contributed by atoms with van der Waals surface area (Å²) in [5.41, 5.74) is 7.22. The standard InChI is InChI=1S/C26H29F2N/c1-17-4-12-23(13-5-17)29-25-14-21-10-9-20(26(21,3)16-18(25)2)8-6-19-7-11-22(27)15-24(19)28/h4-5,7,11-15,20,29H,6,8-10,16H2,1-3H3. The van der Waals surface area contributed by atoms with E-state index in [-0.39, 0.29) is 5.41 Å². The first-order valence-electron chi connectivity index (χ1n) is 10.5. The summed E-state index contributed by atoms with van der Waals surface area (Å²) in [5.74, 6) is -0.409. The lowest BCUT2D eigenvalue weighted by Crippen LogP contribution is -2.28. The summed E-state index contributed by atoms with van der Waals surface area (Å²) in [6.07, 6.45) is 7.21. The number of aryl methyl sites for hydroxylation is 2. The summed E-state index contributed by atoms with van der Waals surface area (Å²) in [5, 5.41) is 3.59. The minimum absolute atomic E-state index is 0.138. The normalized spacial score (nSPS) is 23.8. The number of hydrogen-bond acceptors (Lipinski definition) is 1. The molecule has 2 aliphatic carbocycles. The second-order valence-corrected chi connectivity index (χ2v) is 8.96. The first-order chi connectivity index (χ1) is 13.8. The quantitative estimate of drug-likeness (QED) is 0.560. The van der Waals surface area contributed by atoms with Crippen LogP contribution in [0, 0.1) is 29.9 Å². The Bertz CT molecular complexity index is 971. The molecular formula is C26H29F2N. The van der Waals surface area contributed by atoms with Gasteiger partial charge in [0.05, 0.1) is 0 Å². The molecule has 2 aromatic carbocycles. The summed E-state index contributed by atoms with van der Waals surface area (Å²) >= 11 is 0. The van der Waals surface area contributed by atoms with Gasteiger partial charge in [0.25, 0.3) is 0 Å². The Morgan fingerprint density at radius 2 is 1.83 bits per heavy atom. The molecule has 152 valence electrons. The van der Waals surface area contributed by atoms with Crippen molar-refractivity contribution in [3.63, 3.8) is 0 Å². The van der Waals surface area contributed by atoms with Crippen LogP contribution in [0.25, 0.3) is 0 Å². The highest BCUT2D eigenvalue weighted by molar-refractivity contribution is 5.55. The molecule has 0 bridgehead atoms. The van der Waals surface area contributed by atoms with Gasteiger partial charge in [0.1, 0.15) is 11.6 Å². The summed E-state index contributed by atoms with van der Waals surface area (Å²) in [6, 6.07) is 12.4. The Balaban J connectivity index is 1.47. The Labute approximate surface area is 172 Å². The summed E-state index contributed by atoms with van der Waals surface area (Å²) in [4.78, 5) is 0. The SMILES string of the molecule is CC1=C(Nc2ccc(C)cc2)C=C2CCC(CCc3ccc(F)cc3F)C2(C)C1. The predicted molar refractivity (Wildman–Crippen MR) is 116 cm³/mol. The molecule has 0 spiro atoms. The van der Waals surface area contributed by atoms with Crippen molar-refractivity contribution >= 4 is 5.69 Å². The molecule has 0 radical (unpaired) electrons. The zero-order valence-electron chi connectivity index (χ0n) is 17.5. The van der Waals surface area contributed by atoms with Crippen molar-refractivity contribution in [1.82, 2.24) is 0 Å². The summed E-state index contributed by atoms with van der Waals surface area (Å²) in [7, 11) is 0. The number of hydrogen-bond donors (Lipinski definition) is 1. The van der Waals surface area contributed by atoms with Crippen LogP contribution >= 0.6 is 0 Å². The van der Waals surface area contributed by atoms with Gasteiger partial charge in [-0.05, 0) is 92.7 Å². The van der Waals surface area contributed by atoms with Crippen LogP contribution in [0.15, 0.2) is 65.4 Å². The van der Waals surface area contributed by atoms with Crippen molar-refractivity contribution in [1.29, 1.82) is 0 Å². The maximum Gasteiger partial charge on any atom is 0.129 e. The summed E-state index contributed by atoms with van der Waals surface area (Å²) in [6.45, 7) is 6.67. The van der Waals surface area contributed by atoms with Gasteiger partial charge in [0, 0.05) is 17.5 Å². The number of allylic oxidation sites excluding steroid dienone is 3. The van der Waals surface area contributed by atoms with E-state index in [4.69, 9.17) is 0 Å². The van der Waals surface area contributed by atoms with Crippen LogP contribution < -0.4 is 5.32 Å². The lowest BCUT2D eigenvalue weighted by Gasteiger charge is -2.37. The van der Waals surface area contributed by atoms with Crippen LogP contribution in [0.2, 0.25) is 0 Å². The Morgan fingerprint density at radius 1 is 1.07 bits per heavy atom. The third kappa shape index (κ3) is 4.01. The molecule has 1 fully saturated rings. The van der Waals surface area contributed by atoms with Gasteiger partial charge >= 0.3 is 0 Å². The highest BCUT2D eigenvalue weighted by atomic mass is 19.1. The second kappa shape index (κ2) is 7.78. The predicted octanol–water partition coefficient (Wildman–Crippen LogP) is 7.34. The van der Waals surface area contributed by atoms with Crippen molar-refractivity contribution < 1.29 is 8.78 Å². The minimum Gasteiger partial charge on any atom is -0.356 e. The van der Waals surface area contributed by atoms with E-state index < -0.39 is 11.6 Å². The minimum atomic E-state index is -0.508. The molecule has 4 rings (SSSR count). The van der Waals surface area contributed by atoms with Crippen LogP contribution in [0.3, 0.4) is 0 Å². The van der Waals surface area contributed by atoms with Crippen molar-refractivity contribution in [3.05, 3.63) is 88.1 Å². The summed E-state index contributed by atoms with van der Waals surface area (Å²) < 4.78 is 27.2. The van der Waals surface area contributed by atoms with Crippen LogP contribution in [-0.2, 0) is 6.42 Å². The zero-order valence-corrected chi connectivity index (χ0v) is 17.5. The molecule has 0 aliphatic heterocycles. The molecule has 29 heavy (non-hydrogen) atoms. The number of benzene rings is 2. The number of rotatable bonds is 5. The maximum absolute atomic E-state index is 14.0. The molecule has 2 atom stereocenters. The Hall–Kier alpha value is -2.42. The third-order valence-electron chi connectivity index (χ3n) is 6.92. The molecule has 0 aromatic heterocycles. The van der Waals surface area contributed by atoms with Gasteiger partial charge in [0.2, 0.25) is 0 Å². The Kier molecular flexibility index (Phi) is 5.33. The molecule has 1 N–H and O–H groups in total. The van der Waals surface area contributed by atoms with Crippen LogP contribution in [-0.4, -0.2) is 0 Å². The average molecular weight is 394 g/mol. The fourth-order valence-corrected chi connectivity index (χ4v) is 5.09. The second-order valence-electron chi connectivity index (χ2n) is 8.96. The average Bonchev–Trinajstić information content (AvgIpc) is 2.98. The molecule has 2 unspecified atom stereocenters. The van der Waals surface area contributed by atoms with Crippen molar-refractivity contribution in [2.75, 3.05) is 5.32 Å². The molecule has 0 amide bonds. The smallest absolute Gasteiger partial charge is 0.129 e. The van der Waals surface area contributed by atoms with E-state index in [0.717, 1.165) is 37.4 Å². The topological polar surface area (TPSA) is 12.0 Å². The van der Waals surface area contributed by atoms with E-state index in [1.54, 1.807) is 6.07 Å². The van der Waals surface area contributed by atoms with Gasteiger partial charge < -0.3 is 5.32 Å². The zero-order chi connectivity index (χ0) is 20.6. The van der Waals surface area contributed by atoms with Gasteiger partial charge in [-0.1, -0.05) is 36.3 Å². The van der Waals surface area contributed by atoms with Gasteiger partial charge in [0.15, 0.2) is 0 Å².